The molecule has 15 N–H and O–H groups in total. The Bertz CT molecular complexity index is 2360. The highest BCUT2D eigenvalue weighted by atomic mass is 32.2. The van der Waals surface area contributed by atoms with Crippen molar-refractivity contribution in [2.75, 3.05) is 143 Å². The van der Waals surface area contributed by atoms with Crippen molar-refractivity contribution >= 4 is 60.2 Å². The minimum atomic E-state index is -4.19. The fourth-order valence-electron chi connectivity index (χ4n) is 6.06. The van der Waals surface area contributed by atoms with Crippen molar-refractivity contribution in [3.05, 3.63) is 0 Å². The second-order valence-electron chi connectivity index (χ2n) is 20.6. The van der Waals surface area contributed by atoms with E-state index >= 15 is 0 Å². The summed E-state index contributed by atoms with van der Waals surface area (Å²) in [4.78, 5) is 57.3. The summed E-state index contributed by atoms with van der Waals surface area (Å²) in [7, 11) is -12.3. The number of hydrogen-bond acceptors (Lipinski definition) is 32. The maximum Gasteiger partial charge on any atom is 0.316 e. The van der Waals surface area contributed by atoms with Gasteiger partial charge in [0, 0.05) is 24.9 Å². The van der Waals surface area contributed by atoms with Crippen LogP contribution in [0.15, 0.2) is 0 Å². The Morgan fingerprint density at radius 1 is 0.323 bits per heavy atom. The van der Waals surface area contributed by atoms with E-state index in [0.717, 1.165) is 0 Å². The molecule has 0 aromatic heterocycles. The van der Waals surface area contributed by atoms with Crippen LogP contribution in [-0.4, -0.2) is 273 Å². The SMILES string of the molecule is CCC(CO)(CO)C(=O)OCCC#N.CCC(CO)(CO)C(=O)OCCCC#N.CCC(CO)(CO)C(=O)OCCCCC#N.CCC(CO)(CO)C(=O)OCCS(=O)(=O)O.CCC(CO)(CO)C(=O)OCCS(=O)(=O)O.CCC(CO)(CO)COCCCS(=O)(=O)O. The largest absolute Gasteiger partial charge is 0.465 e. The molecule has 0 unspecified atom stereocenters. The molecule has 0 aliphatic rings. The first-order chi connectivity index (χ1) is 43.5. The molecule has 0 spiro atoms. The van der Waals surface area contributed by atoms with Crippen molar-refractivity contribution in [2.45, 2.75) is 125 Å². The van der Waals surface area contributed by atoms with Crippen molar-refractivity contribution in [3.63, 3.8) is 0 Å². The number of rotatable bonds is 44. The van der Waals surface area contributed by atoms with Gasteiger partial charge in [-0.25, -0.2) is 0 Å². The molecule has 35 nitrogen and oxygen atoms in total. The number of unbranched alkanes of at least 4 members (excludes halogenated alkanes) is 3. The van der Waals surface area contributed by atoms with Gasteiger partial charge in [0.25, 0.3) is 30.4 Å². The molecule has 0 atom stereocenters. The summed E-state index contributed by atoms with van der Waals surface area (Å²) in [5.41, 5.74) is -7.12. The number of carbonyl (C=O) groups excluding carboxylic acids is 5. The minimum absolute atomic E-state index is 0.00289. The molecule has 0 radical (unpaired) electrons. The highest BCUT2D eigenvalue weighted by Gasteiger charge is 2.41. The first-order valence-electron chi connectivity index (χ1n) is 29.2. The predicted molar refractivity (Wildman–Crippen MR) is 325 cm³/mol. The lowest BCUT2D eigenvalue weighted by Gasteiger charge is -2.27. The Morgan fingerprint density at radius 3 is 0.817 bits per heavy atom. The smallest absolute Gasteiger partial charge is 0.316 e. The van der Waals surface area contributed by atoms with Crippen LogP contribution in [0, 0.1) is 66.5 Å². The highest BCUT2D eigenvalue weighted by molar-refractivity contribution is 7.86. The molecule has 0 rings (SSSR count). The lowest BCUT2D eigenvalue weighted by molar-refractivity contribution is -0.163. The Labute approximate surface area is 545 Å². The zero-order chi connectivity index (χ0) is 73.5. The topological polar surface area (TPSA) is 618 Å². The second kappa shape index (κ2) is 55.2. The van der Waals surface area contributed by atoms with Crippen LogP contribution in [0.4, 0.5) is 0 Å². The second-order valence-corrected chi connectivity index (χ2v) is 25.4. The van der Waals surface area contributed by atoms with Crippen LogP contribution in [0.3, 0.4) is 0 Å². The Morgan fingerprint density at radius 2 is 0.581 bits per heavy atom. The van der Waals surface area contributed by atoms with Crippen LogP contribution in [0.5, 0.6) is 0 Å². The van der Waals surface area contributed by atoms with Crippen molar-refractivity contribution in [1.82, 2.24) is 0 Å². The van der Waals surface area contributed by atoms with E-state index in [0.29, 0.717) is 57.8 Å². The summed E-state index contributed by atoms with van der Waals surface area (Å²) in [5, 5.41) is 133. The van der Waals surface area contributed by atoms with Gasteiger partial charge in [0.1, 0.15) is 58.4 Å². The zero-order valence-electron chi connectivity index (χ0n) is 54.0. The zero-order valence-corrected chi connectivity index (χ0v) is 56.4. The van der Waals surface area contributed by atoms with Crippen LogP contribution >= 0.6 is 0 Å². The van der Waals surface area contributed by atoms with E-state index in [1.54, 1.807) is 34.6 Å². The number of ether oxygens (including phenoxy) is 6. The average Bonchev–Trinajstić information content (AvgIpc) is 1.01. The molecule has 0 aromatic carbocycles. The van der Waals surface area contributed by atoms with Crippen molar-refractivity contribution in [3.8, 4) is 18.2 Å². The molecular formula is C55H103N3O32S3. The van der Waals surface area contributed by atoms with Crippen molar-refractivity contribution in [2.24, 2.45) is 32.5 Å². The quantitative estimate of drug-likeness (QED) is 0.0134. The van der Waals surface area contributed by atoms with Gasteiger partial charge in [-0.15, -0.1) is 0 Å². The maximum absolute atomic E-state index is 11.6. The van der Waals surface area contributed by atoms with E-state index in [2.05, 4.69) is 9.47 Å². The minimum Gasteiger partial charge on any atom is -0.465 e. The van der Waals surface area contributed by atoms with Gasteiger partial charge in [-0.05, 0) is 64.2 Å². The van der Waals surface area contributed by atoms with Crippen LogP contribution in [-0.2, 0) is 82.7 Å². The summed E-state index contributed by atoms with van der Waals surface area (Å²) < 4.78 is 116. The maximum atomic E-state index is 11.6. The first-order valence-corrected chi connectivity index (χ1v) is 34.0. The van der Waals surface area contributed by atoms with Gasteiger partial charge in [0.05, 0.1) is 129 Å². The van der Waals surface area contributed by atoms with Gasteiger partial charge in [-0.2, -0.15) is 41.0 Å². The first kappa shape index (κ1) is 99.1. The number of nitrogens with zero attached hydrogens (tertiary/aromatic N) is 3. The Hall–Kier alpha value is -4.97. The molecule has 93 heavy (non-hydrogen) atoms. The molecule has 0 saturated heterocycles. The van der Waals surface area contributed by atoms with Crippen molar-refractivity contribution < 1.29 is 153 Å². The van der Waals surface area contributed by atoms with Crippen LogP contribution in [0.1, 0.15) is 125 Å². The number of esters is 5. The van der Waals surface area contributed by atoms with Gasteiger partial charge in [-0.3, -0.25) is 37.6 Å². The van der Waals surface area contributed by atoms with Crippen LogP contribution in [0.25, 0.3) is 0 Å². The van der Waals surface area contributed by atoms with E-state index in [9.17, 15) is 49.2 Å². The van der Waals surface area contributed by atoms with Gasteiger partial charge < -0.3 is 89.7 Å². The lowest BCUT2D eigenvalue weighted by Crippen LogP contribution is -2.40. The van der Waals surface area contributed by atoms with Crippen LogP contribution < -0.4 is 0 Å². The van der Waals surface area contributed by atoms with E-state index in [4.69, 9.17) is 110 Å². The van der Waals surface area contributed by atoms with Crippen LogP contribution in [0.2, 0.25) is 0 Å². The predicted octanol–water partition coefficient (Wildman–Crippen LogP) is -2.10. The third kappa shape index (κ3) is 43.0. The Balaban J connectivity index is -0.000000244. The van der Waals surface area contributed by atoms with Crippen molar-refractivity contribution in [1.29, 1.82) is 15.8 Å². The van der Waals surface area contributed by atoms with E-state index in [1.807, 2.05) is 25.1 Å². The van der Waals surface area contributed by atoms with Gasteiger partial charge >= 0.3 is 29.8 Å². The summed E-state index contributed by atoms with van der Waals surface area (Å²) >= 11 is 0. The molecule has 0 heterocycles. The molecule has 0 amide bonds. The monoisotopic (exact) mass is 1410 g/mol. The molecule has 0 aromatic rings. The molecule has 38 heteroatoms. The fourth-order valence-corrected chi connectivity index (χ4v) is 7.13. The standard InChI is InChI=1S/C11H19NO4.C10H17NO4.C9H15NO4.C9H20O6S.2C8H16O7S/c1-2-11(8-13,9-14)10(15)16-7-5-3-4-6-12;1-2-10(7-12,8-13)9(14)15-6-4-3-5-11;1-2-9(6-11,7-12)8(13)14-5-3-4-10;1-2-9(6-10,7-11)8-15-4-3-5-16(12,13)14;2*1-2-8(5-9,6-10)7(11)15-3-4-16(12,13)14/h13-14H,2-5,7-9H2,1H3;12-13H,2-4,6-8H2,1H3;11-12H,2-3,5-7H2,1H3;10-11H,2-8H2,1H3,(H,12,13,14);2*9-10H,2-6H2,1H3,(H,12,13,14). The molecule has 548 valence electrons. The summed E-state index contributed by atoms with van der Waals surface area (Å²) in [6, 6.07) is 5.76. The Kier molecular flexibility index (Phi) is 58.8. The summed E-state index contributed by atoms with van der Waals surface area (Å²) in [5.74, 6) is -5.37. The van der Waals surface area contributed by atoms with E-state index < -0.39 is 183 Å². The molecule has 0 aliphatic carbocycles. The number of aliphatic hydroxyl groups is 12. The number of carbonyl (C=O) groups is 5. The van der Waals surface area contributed by atoms with E-state index in [-0.39, 0.29) is 77.7 Å². The molecule has 0 saturated carbocycles. The lowest BCUT2D eigenvalue weighted by atomic mass is 9.87. The molecular weight excluding hydrogens is 1310 g/mol. The number of nitriles is 3. The third-order valence-electron chi connectivity index (χ3n) is 14.3. The summed E-state index contributed by atoms with van der Waals surface area (Å²) in [6.45, 7) is 4.40. The van der Waals surface area contributed by atoms with Gasteiger partial charge in [0.2, 0.25) is 0 Å². The highest BCUT2D eigenvalue weighted by Crippen LogP contribution is 2.26. The molecule has 0 fully saturated rings. The number of hydrogen-bond donors (Lipinski definition) is 15. The molecule has 0 aliphatic heterocycles. The third-order valence-corrected chi connectivity index (χ3v) is 16.4. The normalized spacial score (nSPS) is 11.8. The summed E-state index contributed by atoms with van der Waals surface area (Å²) in [6.07, 6.45) is 4.67. The van der Waals surface area contributed by atoms with Gasteiger partial charge in [0.15, 0.2) is 0 Å². The number of aliphatic hydroxyl groups excluding tert-OH is 12. The average molecular weight is 1410 g/mol. The van der Waals surface area contributed by atoms with Gasteiger partial charge in [-0.1, -0.05) is 41.5 Å². The van der Waals surface area contributed by atoms with E-state index in [1.165, 1.54) is 0 Å². The molecule has 0 bridgehead atoms. The fraction of sp³-hybridized carbons (Fsp3) is 0.855.